The molecule has 6 nitrogen and oxygen atoms in total. The van der Waals surface area contributed by atoms with E-state index in [0.29, 0.717) is 41.3 Å². The Morgan fingerprint density at radius 1 is 1.12 bits per heavy atom. The highest BCUT2D eigenvalue weighted by Crippen LogP contribution is 2.44. The lowest BCUT2D eigenvalue weighted by Crippen LogP contribution is -2.50. The molecule has 1 fully saturated rings. The zero-order chi connectivity index (χ0) is 30.2. The number of carbonyl (C=O) groups excluding carboxylic acids is 1. The van der Waals surface area contributed by atoms with E-state index in [2.05, 4.69) is 51.0 Å². The van der Waals surface area contributed by atoms with Gasteiger partial charge in [0.25, 0.3) is 5.91 Å². The van der Waals surface area contributed by atoms with Crippen LogP contribution in [-0.4, -0.2) is 46.8 Å². The molecule has 0 bridgehead atoms. The number of hydrogen-bond donors (Lipinski definition) is 2. The van der Waals surface area contributed by atoms with E-state index >= 15 is 0 Å². The van der Waals surface area contributed by atoms with Gasteiger partial charge in [0.1, 0.15) is 5.66 Å². The predicted octanol–water partition coefficient (Wildman–Crippen LogP) is 8.11. The molecule has 1 atom stereocenters. The predicted molar refractivity (Wildman–Crippen MR) is 169 cm³/mol. The molecule has 1 aliphatic rings. The second kappa shape index (κ2) is 15.2. The van der Waals surface area contributed by atoms with Crippen LogP contribution in [0.3, 0.4) is 0 Å². The molecule has 2 N–H and O–H groups in total. The molecule has 0 aromatic heterocycles. The molecule has 0 spiro atoms. The summed E-state index contributed by atoms with van der Waals surface area (Å²) in [7, 11) is 2.19. The SMILES string of the molecule is CCC(c1ccc(C(=O)NCCCC(=O)O)cc1)N(C)C1(/N=C(\C)c2cc(Cl)cc(CCl)c2)CCC(C(C)C)CC1. The van der Waals surface area contributed by atoms with Crippen molar-refractivity contribution in [2.75, 3.05) is 13.6 Å². The third-order valence-corrected chi connectivity index (χ3v) is 9.13. The van der Waals surface area contributed by atoms with Gasteiger partial charge in [0.2, 0.25) is 0 Å². The molecule has 8 heteroatoms. The fraction of sp³-hybridized carbons (Fsp3) is 0.545. The van der Waals surface area contributed by atoms with Crippen molar-refractivity contribution >= 4 is 40.8 Å². The number of benzene rings is 2. The van der Waals surface area contributed by atoms with Gasteiger partial charge < -0.3 is 10.4 Å². The number of hydrogen-bond acceptors (Lipinski definition) is 4. The van der Waals surface area contributed by atoms with Crippen molar-refractivity contribution < 1.29 is 14.7 Å². The molecule has 1 saturated carbocycles. The Morgan fingerprint density at radius 3 is 2.34 bits per heavy atom. The van der Waals surface area contributed by atoms with Crippen LogP contribution in [0.4, 0.5) is 0 Å². The van der Waals surface area contributed by atoms with Gasteiger partial charge >= 0.3 is 5.97 Å². The van der Waals surface area contributed by atoms with E-state index in [1.165, 1.54) is 0 Å². The van der Waals surface area contributed by atoms with Crippen molar-refractivity contribution in [3.05, 3.63) is 69.7 Å². The Morgan fingerprint density at radius 2 is 1.78 bits per heavy atom. The Balaban J connectivity index is 1.88. The van der Waals surface area contributed by atoms with E-state index in [1.807, 2.05) is 36.4 Å². The molecule has 0 radical (unpaired) electrons. The summed E-state index contributed by atoms with van der Waals surface area (Å²) < 4.78 is 0. The van der Waals surface area contributed by atoms with Crippen molar-refractivity contribution in [2.24, 2.45) is 16.8 Å². The molecule has 3 rings (SSSR count). The third-order valence-electron chi connectivity index (χ3n) is 8.60. The first-order chi connectivity index (χ1) is 19.5. The molecule has 2 aromatic carbocycles. The van der Waals surface area contributed by atoms with Gasteiger partial charge in [-0.3, -0.25) is 19.5 Å². The molecule has 224 valence electrons. The molecule has 1 amide bonds. The van der Waals surface area contributed by atoms with Crippen molar-refractivity contribution in [3.8, 4) is 0 Å². The molecule has 0 saturated heterocycles. The average molecular weight is 603 g/mol. The quantitative estimate of drug-likeness (QED) is 0.138. The maximum atomic E-state index is 12.6. The van der Waals surface area contributed by atoms with Crippen LogP contribution in [0.5, 0.6) is 0 Å². The van der Waals surface area contributed by atoms with Gasteiger partial charge in [-0.15, -0.1) is 11.6 Å². The summed E-state index contributed by atoms with van der Waals surface area (Å²) in [4.78, 5) is 31.2. The van der Waals surface area contributed by atoms with E-state index in [4.69, 9.17) is 33.3 Å². The van der Waals surface area contributed by atoms with E-state index in [9.17, 15) is 9.59 Å². The second-order valence-electron chi connectivity index (χ2n) is 11.7. The monoisotopic (exact) mass is 601 g/mol. The minimum Gasteiger partial charge on any atom is -0.481 e. The van der Waals surface area contributed by atoms with Crippen LogP contribution in [0.1, 0.15) is 106 Å². The number of aliphatic carboxylic acids is 1. The number of carboxylic acids is 1. The molecule has 41 heavy (non-hydrogen) atoms. The van der Waals surface area contributed by atoms with Crippen LogP contribution < -0.4 is 5.32 Å². The molecule has 0 heterocycles. The third kappa shape index (κ3) is 8.79. The van der Waals surface area contributed by atoms with Gasteiger partial charge in [-0.1, -0.05) is 44.5 Å². The average Bonchev–Trinajstić information content (AvgIpc) is 2.95. The molecule has 1 aliphatic carbocycles. The van der Waals surface area contributed by atoms with Gasteiger partial charge in [-0.2, -0.15) is 0 Å². The zero-order valence-corrected chi connectivity index (χ0v) is 26.6. The number of amides is 1. The normalized spacial score (nSPS) is 20.3. The van der Waals surface area contributed by atoms with Crippen LogP contribution in [0.15, 0.2) is 47.5 Å². The number of nitrogens with one attached hydrogen (secondary N) is 1. The van der Waals surface area contributed by atoms with Crippen LogP contribution in [0.25, 0.3) is 0 Å². The first-order valence-corrected chi connectivity index (χ1v) is 15.7. The lowest BCUT2D eigenvalue weighted by Gasteiger charge is -2.48. The zero-order valence-electron chi connectivity index (χ0n) is 25.1. The van der Waals surface area contributed by atoms with E-state index in [0.717, 1.165) is 54.5 Å². The summed E-state index contributed by atoms with van der Waals surface area (Å²) in [6.45, 7) is 9.22. The minimum absolute atomic E-state index is 0.0382. The lowest BCUT2D eigenvalue weighted by molar-refractivity contribution is -0.137. The van der Waals surface area contributed by atoms with Crippen molar-refractivity contribution in [2.45, 2.75) is 90.2 Å². The molecular formula is C33H45Cl2N3O3. The Hall–Kier alpha value is -2.41. The summed E-state index contributed by atoms with van der Waals surface area (Å²) in [5.41, 5.74) is 4.28. The number of aliphatic imine (C=N–C) groups is 1. The molecular weight excluding hydrogens is 557 g/mol. The van der Waals surface area contributed by atoms with Crippen molar-refractivity contribution in [1.82, 2.24) is 10.2 Å². The van der Waals surface area contributed by atoms with Gasteiger partial charge in [0.15, 0.2) is 0 Å². The standard InChI is InChI=1S/C33H45Cl2N3O3/c1-6-30(26-9-11-27(12-10-26)32(41)36-17-7-8-31(39)40)38(5)33(15-13-25(14-16-33)22(2)3)37-23(4)28-18-24(21-34)19-29(35)20-28/h9-12,18-20,22,25,30H,6-8,13-17,21H2,1-5H3,(H,36,41)(H,39,40)/b37-23+. The molecule has 2 aromatic rings. The van der Waals surface area contributed by atoms with Crippen LogP contribution >= 0.6 is 23.2 Å². The fourth-order valence-corrected chi connectivity index (χ4v) is 6.46. The summed E-state index contributed by atoms with van der Waals surface area (Å²) >= 11 is 12.6. The van der Waals surface area contributed by atoms with Gasteiger partial charge in [-0.25, -0.2) is 0 Å². The molecule has 1 unspecified atom stereocenters. The van der Waals surface area contributed by atoms with E-state index in [1.54, 1.807) is 0 Å². The largest absolute Gasteiger partial charge is 0.481 e. The van der Waals surface area contributed by atoms with Gasteiger partial charge in [-0.05, 0) is 111 Å². The van der Waals surface area contributed by atoms with E-state index < -0.39 is 5.97 Å². The highest BCUT2D eigenvalue weighted by Gasteiger charge is 2.42. The van der Waals surface area contributed by atoms with Crippen LogP contribution in [0.2, 0.25) is 5.02 Å². The lowest BCUT2D eigenvalue weighted by atomic mass is 9.75. The topological polar surface area (TPSA) is 82.0 Å². The van der Waals surface area contributed by atoms with Crippen molar-refractivity contribution in [3.63, 3.8) is 0 Å². The number of carbonyl (C=O) groups is 2. The maximum absolute atomic E-state index is 12.6. The van der Waals surface area contributed by atoms with Crippen LogP contribution in [-0.2, 0) is 10.7 Å². The minimum atomic E-state index is -0.860. The van der Waals surface area contributed by atoms with Crippen LogP contribution in [0, 0.1) is 11.8 Å². The Bertz CT molecular complexity index is 1200. The van der Waals surface area contributed by atoms with Crippen molar-refractivity contribution in [1.29, 1.82) is 0 Å². The number of halogens is 2. The highest BCUT2D eigenvalue weighted by molar-refractivity contribution is 6.31. The first-order valence-electron chi connectivity index (χ1n) is 14.7. The number of rotatable bonds is 13. The Labute approximate surface area is 255 Å². The number of carboxylic acid groups (broad SMARTS) is 1. The maximum Gasteiger partial charge on any atom is 0.303 e. The summed E-state index contributed by atoms with van der Waals surface area (Å²) in [5.74, 6) is 0.684. The number of nitrogens with zero attached hydrogens (tertiary/aromatic N) is 2. The Kier molecular flexibility index (Phi) is 12.2. The van der Waals surface area contributed by atoms with Gasteiger partial charge in [0.05, 0.1) is 0 Å². The van der Waals surface area contributed by atoms with Gasteiger partial charge in [0, 0.05) is 41.2 Å². The fourth-order valence-electron chi connectivity index (χ4n) is 6.05. The smallest absolute Gasteiger partial charge is 0.303 e. The highest BCUT2D eigenvalue weighted by atomic mass is 35.5. The summed E-state index contributed by atoms with van der Waals surface area (Å²) in [5, 5.41) is 12.3. The molecule has 0 aliphatic heterocycles. The summed E-state index contributed by atoms with van der Waals surface area (Å²) in [6.07, 6.45) is 5.53. The number of alkyl halides is 1. The summed E-state index contributed by atoms with van der Waals surface area (Å²) in [6, 6.07) is 13.8. The van der Waals surface area contributed by atoms with E-state index in [-0.39, 0.29) is 24.0 Å². The first kappa shape index (κ1) is 33.1. The second-order valence-corrected chi connectivity index (χ2v) is 12.4.